The maximum absolute atomic E-state index is 5.64. The first-order valence-corrected chi connectivity index (χ1v) is 6.26. The Balaban J connectivity index is 2.24. The summed E-state index contributed by atoms with van der Waals surface area (Å²) < 4.78 is 5.64. The van der Waals surface area contributed by atoms with E-state index in [4.69, 9.17) is 4.74 Å². The lowest BCUT2D eigenvalue weighted by Gasteiger charge is -2.23. The lowest BCUT2D eigenvalue weighted by molar-refractivity contribution is 0.0525. The molecule has 1 rings (SSSR count). The van der Waals surface area contributed by atoms with Crippen LogP contribution in [-0.4, -0.2) is 37.3 Å². The Labute approximate surface area is 85.8 Å². The van der Waals surface area contributed by atoms with Gasteiger partial charge in [-0.05, 0) is 44.7 Å². The van der Waals surface area contributed by atoms with Gasteiger partial charge in [0.2, 0.25) is 0 Å². The van der Waals surface area contributed by atoms with Gasteiger partial charge in [0, 0.05) is 6.04 Å². The van der Waals surface area contributed by atoms with Gasteiger partial charge in [-0.15, -0.1) is 0 Å². The molecular formula is C10H21NOS. The lowest BCUT2D eigenvalue weighted by Crippen LogP contribution is -2.38. The Bertz CT molecular complexity index is 135. The molecule has 0 bridgehead atoms. The van der Waals surface area contributed by atoms with Crippen molar-refractivity contribution in [3.8, 4) is 0 Å². The van der Waals surface area contributed by atoms with Crippen LogP contribution >= 0.6 is 11.8 Å². The Hall–Kier alpha value is 0.270. The van der Waals surface area contributed by atoms with E-state index in [1.807, 2.05) is 7.05 Å². The average molecular weight is 203 g/mol. The van der Waals surface area contributed by atoms with E-state index in [1.165, 1.54) is 17.9 Å². The van der Waals surface area contributed by atoms with Gasteiger partial charge in [-0.3, -0.25) is 0 Å². The number of likely N-dealkylation sites (N-methyl/N-ethyl adjacent to an activating group) is 1. The molecule has 2 atom stereocenters. The molecule has 1 N–H and O–H groups in total. The van der Waals surface area contributed by atoms with Crippen LogP contribution in [0.25, 0.3) is 0 Å². The van der Waals surface area contributed by atoms with Crippen LogP contribution in [0.5, 0.6) is 0 Å². The van der Waals surface area contributed by atoms with Crippen LogP contribution in [-0.2, 0) is 4.74 Å². The van der Waals surface area contributed by atoms with E-state index in [2.05, 4.69) is 30.9 Å². The normalized spacial score (nSPS) is 25.4. The highest BCUT2D eigenvalue weighted by atomic mass is 32.2. The third-order valence-electron chi connectivity index (χ3n) is 2.51. The van der Waals surface area contributed by atoms with E-state index < -0.39 is 0 Å². The molecule has 0 aromatic heterocycles. The molecule has 13 heavy (non-hydrogen) atoms. The predicted octanol–water partition coefficient (Wildman–Crippen LogP) is 1.75. The topological polar surface area (TPSA) is 21.3 Å². The average Bonchev–Trinajstić information content (AvgIpc) is 2.58. The summed E-state index contributed by atoms with van der Waals surface area (Å²) in [7, 11) is 2.04. The second-order valence-electron chi connectivity index (χ2n) is 3.90. The molecule has 1 saturated heterocycles. The van der Waals surface area contributed by atoms with Gasteiger partial charge in [0.25, 0.3) is 0 Å². The number of hydrogen-bond donors (Lipinski definition) is 1. The van der Waals surface area contributed by atoms with Gasteiger partial charge in [0.1, 0.15) is 0 Å². The number of hydrogen-bond acceptors (Lipinski definition) is 3. The second-order valence-corrected chi connectivity index (χ2v) is 5.05. The fraction of sp³-hybridized carbons (Fsp3) is 1.00. The molecule has 0 saturated carbocycles. The molecule has 1 aliphatic heterocycles. The summed E-state index contributed by atoms with van der Waals surface area (Å²) in [6.45, 7) is 5.05. The summed E-state index contributed by atoms with van der Waals surface area (Å²) in [5.41, 5.74) is 0. The van der Waals surface area contributed by atoms with Crippen molar-refractivity contribution in [1.82, 2.24) is 5.32 Å². The first-order chi connectivity index (χ1) is 6.24. The SMILES string of the molecule is CNC(COC(C)C)C1CCSC1. The molecule has 2 unspecified atom stereocenters. The van der Waals surface area contributed by atoms with Crippen molar-refractivity contribution in [3.63, 3.8) is 0 Å². The van der Waals surface area contributed by atoms with Crippen molar-refractivity contribution in [2.75, 3.05) is 25.2 Å². The zero-order valence-electron chi connectivity index (χ0n) is 8.88. The van der Waals surface area contributed by atoms with Crippen LogP contribution in [0.3, 0.4) is 0 Å². The van der Waals surface area contributed by atoms with Gasteiger partial charge in [-0.1, -0.05) is 0 Å². The molecule has 1 aliphatic rings. The van der Waals surface area contributed by atoms with E-state index >= 15 is 0 Å². The van der Waals surface area contributed by atoms with E-state index in [-0.39, 0.29) is 0 Å². The monoisotopic (exact) mass is 203 g/mol. The molecule has 1 heterocycles. The van der Waals surface area contributed by atoms with Crippen molar-refractivity contribution in [1.29, 1.82) is 0 Å². The van der Waals surface area contributed by atoms with Crippen LogP contribution in [0.1, 0.15) is 20.3 Å². The molecule has 0 radical (unpaired) electrons. The Morgan fingerprint density at radius 2 is 2.31 bits per heavy atom. The zero-order chi connectivity index (χ0) is 9.68. The highest BCUT2D eigenvalue weighted by Gasteiger charge is 2.24. The van der Waals surface area contributed by atoms with Gasteiger partial charge >= 0.3 is 0 Å². The van der Waals surface area contributed by atoms with Gasteiger partial charge < -0.3 is 10.1 Å². The van der Waals surface area contributed by atoms with Crippen LogP contribution < -0.4 is 5.32 Å². The van der Waals surface area contributed by atoms with Crippen molar-refractivity contribution in [2.24, 2.45) is 5.92 Å². The largest absolute Gasteiger partial charge is 0.377 e. The summed E-state index contributed by atoms with van der Waals surface area (Å²) in [6, 6.07) is 0.553. The second kappa shape index (κ2) is 5.89. The number of thioether (sulfide) groups is 1. The molecule has 2 nitrogen and oxygen atoms in total. The smallest absolute Gasteiger partial charge is 0.0626 e. The molecule has 0 spiro atoms. The maximum Gasteiger partial charge on any atom is 0.0626 e. The molecule has 3 heteroatoms. The highest BCUT2D eigenvalue weighted by molar-refractivity contribution is 7.99. The molecule has 0 aliphatic carbocycles. The lowest BCUT2D eigenvalue weighted by atomic mass is 10.0. The maximum atomic E-state index is 5.64. The van der Waals surface area contributed by atoms with Gasteiger partial charge in [0.15, 0.2) is 0 Å². The van der Waals surface area contributed by atoms with E-state index in [0.717, 1.165) is 12.5 Å². The minimum atomic E-state index is 0.352. The van der Waals surface area contributed by atoms with Gasteiger partial charge in [-0.2, -0.15) is 11.8 Å². The van der Waals surface area contributed by atoms with Crippen molar-refractivity contribution >= 4 is 11.8 Å². The summed E-state index contributed by atoms with van der Waals surface area (Å²) in [5.74, 6) is 3.44. The third-order valence-corrected chi connectivity index (χ3v) is 3.70. The summed E-state index contributed by atoms with van der Waals surface area (Å²) in [4.78, 5) is 0. The molecular weight excluding hydrogens is 182 g/mol. The molecule has 0 aromatic rings. The molecule has 0 amide bonds. The van der Waals surface area contributed by atoms with Crippen LogP contribution in [0.15, 0.2) is 0 Å². The number of ether oxygens (including phenoxy) is 1. The fourth-order valence-corrected chi connectivity index (χ4v) is 2.96. The number of nitrogens with one attached hydrogen (secondary N) is 1. The summed E-state index contributed by atoms with van der Waals surface area (Å²) in [6.07, 6.45) is 1.70. The van der Waals surface area contributed by atoms with Gasteiger partial charge in [0.05, 0.1) is 12.7 Å². The van der Waals surface area contributed by atoms with E-state index in [9.17, 15) is 0 Å². The fourth-order valence-electron chi connectivity index (χ4n) is 1.62. The molecule has 78 valence electrons. The van der Waals surface area contributed by atoms with Crippen LogP contribution in [0.4, 0.5) is 0 Å². The van der Waals surface area contributed by atoms with Crippen LogP contribution in [0.2, 0.25) is 0 Å². The minimum absolute atomic E-state index is 0.352. The van der Waals surface area contributed by atoms with E-state index in [1.54, 1.807) is 0 Å². The standard InChI is InChI=1S/C10H21NOS/c1-8(2)12-6-10(11-3)9-4-5-13-7-9/h8-11H,4-7H2,1-3H3. The van der Waals surface area contributed by atoms with Gasteiger partial charge in [-0.25, -0.2) is 0 Å². The summed E-state index contributed by atoms with van der Waals surface area (Å²) >= 11 is 2.06. The highest BCUT2D eigenvalue weighted by Crippen LogP contribution is 2.26. The minimum Gasteiger partial charge on any atom is -0.377 e. The van der Waals surface area contributed by atoms with E-state index in [0.29, 0.717) is 12.1 Å². The number of rotatable bonds is 5. The quantitative estimate of drug-likeness (QED) is 0.735. The predicted molar refractivity (Wildman–Crippen MR) is 59.4 cm³/mol. The third kappa shape index (κ3) is 3.88. The molecule has 0 aromatic carbocycles. The Kier molecular flexibility index (Phi) is 5.14. The van der Waals surface area contributed by atoms with Crippen molar-refractivity contribution in [2.45, 2.75) is 32.4 Å². The summed E-state index contributed by atoms with van der Waals surface area (Å²) in [5, 5.41) is 3.36. The van der Waals surface area contributed by atoms with Crippen LogP contribution in [0, 0.1) is 5.92 Å². The zero-order valence-corrected chi connectivity index (χ0v) is 9.69. The Morgan fingerprint density at radius 1 is 1.54 bits per heavy atom. The van der Waals surface area contributed by atoms with Crippen molar-refractivity contribution < 1.29 is 4.74 Å². The Morgan fingerprint density at radius 3 is 2.77 bits per heavy atom. The first-order valence-electron chi connectivity index (χ1n) is 5.10. The first kappa shape index (κ1) is 11.3. The molecule has 1 fully saturated rings. The van der Waals surface area contributed by atoms with Crippen molar-refractivity contribution in [3.05, 3.63) is 0 Å².